The Kier molecular flexibility index (Phi) is 4.44. The van der Waals surface area contributed by atoms with E-state index in [1.54, 1.807) is 28.7 Å². The van der Waals surface area contributed by atoms with E-state index in [-0.39, 0.29) is 5.91 Å². The van der Waals surface area contributed by atoms with Crippen LogP contribution < -0.4 is 5.32 Å². The third-order valence-electron chi connectivity index (χ3n) is 2.67. The molecule has 102 valence electrons. The lowest BCUT2D eigenvalue weighted by atomic mass is 10.3. The minimum atomic E-state index is -0.199. The smallest absolute Gasteiger partial charge is 0.267 e. The highest BCUT2D eigenvalue weighted by Crippen LogP contribution is 2.24. The number of halogens is 2. The highest BCUT2D eigenvalue weighted by atomic mass is 35.5. The first-order valence-electron chi connectivity index (χ1n) is 5.71. The van der Waals surface area contributed by atoms with E-state index in [1.807, 2.05) is 0 Å². The maximum Gasteiger partial charge on any atom is 0.267 e. The van der Waals surface area contributed by atoms with E-state index < -0.39 is 0 Å². The molecular weight excluding hydrogens is 289 g/mol. The van der Waals surface area contributed by atoms with Crippen LogP contribution >= 0.6 is 23.2 Å². The molecule has 2 aromatic heterocycles. The lowest BCUT2D eigenvalue weighted by Gasteiger charge is -2.06. The van der Waals surface area contributed by atoms with E-state index in [0.29, 0.717) is 29.0 Å². The number of carbonyl (C=O) groups excluding carboxylic acids is 1. The van der Waals surface area contributed by atoms with Gasteiger partial charge in [0.1, 0.15) is 23.5 Å². The zero-order chi connectivity index (χ0) is 13.8. The molecular formula is C11H13Cl2N5O. The molecule has 0 saturated carbocycles. The molecule has 0 radical (unpaired) electrons. The van der Waals surface area contributed by atoms with E-state index in [1.165, 1.54) is 6.33 Å². The minimum Gasteiger partial charge on any atom is -0.351 e. The highest BCUT2D eigenvalue weighted by molar-refractivity contribution is 6.41. The average molecular weight is 302 g/mol. The fraction of sp³-hybridized carbons (Fsp3) is 0.364. The third-order valence-corrected chi connectivity index (χ3v) is 3.51. The Labute approximate surface area is 120 Å². The molecule has 0 spiro atoms. The van der Waals surface area contributed by atoms with Gasteiger partial charge in [0.05, 0.1) is 5.02 Å². The molecule has 1 N–H and O–H groups in total. The number of nitrogens with one attached hydrogen (secondary N) is 1. The third kappa shape index (κ3) is 3.27. The SMILES string of the molecule is Cn1c(C(=O)NCCCn2cncn2)cc(Cl)c1Cl. The summed E-state index contributed by atoms with van der Waals surface area (Å²) < 4.78 is 3.26. The Morgan fingerprint density at radius 2 is 2.26 bits per heavy atom. The Balaban J connectivity index is 1.82. The summed E-state index contributed by atoms with van der Waals surface area (Å²) in [6.45, 7) is 1.24. The Morgan fingerprint density at radius 3 is 2.84 bits per heavy atom. The average Bonchev–Trinajstić information content (AvgIpc) is 2.99. The standard InChI is InChI=1S/C11H13Cl2N5O/c1-17-9(5-8(12)10(17)13)11(19)15-3-2-4-18-7-14-6-16-18/h5-7H,2-4H2,1H3,(H,15,19). The van der Waals surface area contributed by atoms with Gasteiger partial charge < -0.3 is 9.88 Å². The predicted molar refractivity (Wildman–Crippen MR) is 72.4 cm³/mol. The van der Waals surface area contributed by atoms with Crippen LogP contribution in [0.1, 0.15) is 16.9 Å². The first-order valence-corrected chi connectivity index (χ1v) is 6.46. The second-order valence-corrected chi connectivity index (χ2v) is 4.76. The van der Waals surface area contributed by atoms with Crippen molar-refractivity contribution in [3.8, 4) is 0 Å². The van der Waals surface area contributed by atoms with Gasteiger partial charge in [-0.05, 0) is 12.5 Å². The molecule has 2 heterocycles. The van der Waals surface area contributed by atoms with Crippen molar-refractivity contribution in [2.75, 3.05) is 6.54 Å². The number of amides is 1. The van der Waals surface area contributed by atoms with Crippen molar-refractivity contribution in [1.29, 1.82) is 0 Å². The fourth-order valence-corrected chi connectivity index (χ4v) is 2.02. The van der Waals surface area contributed by atoms with E-state index >= 15 is 0 Å². The van der Waals surface area contributed by atoms with Gasteiger partial charge in [-0.3, -0.25) is 9.48 Å². The number of hydrogen-bond donors (Lipinski definition) is 1. The first kappa shape index (κ1) is 13.9. The van der Waals surface area contributed by atoms with Crippen molar-refractivity contribution in [3.63, 3.8) is 0 Å². The number of rotatable bonds is 5. The Morgan fingerprint density at radius 1 is 1.47 bits per heavy atom. The van der Waals surface area contributed by atoms with Crippen molar-refractivity contribution < 1.29 is 4.79 Å². The summed E-state index contributed by atoms with van der Waals surface area (Å²) in [7, 11) is 1.69. The van der Waals surface area contributed by atoms with Gasteiger partial charge in [-0.25, -0.2) is 4.98 Å². The molecule has 0 saturated heterocycles. The van der Waals surface area contributed by atoms with E-state index in [4.69, 9.17) is 23.2 Å². The molecule has 0 atom stereocenters. The minimum absolute atomic E-state index is 0.199. The molecule has 2 aromatic rings. The molecule has 0 fully saturated rings. The predicted octanol–water partition coefficient (Wildman–Crippen LogP) is 1.74. The van der Waals surface area contributed by atoms with E-state index in [0.717, 1.165) is 6.42 Å². The van der Waals surface area contributed by atoms with Gasteiger partial charge in [0.15, 0.2) is 0 Å². The first-order chi connectivity index (χ1) is 9.09. The fourth-order valence-electron chi connectivity index (χ4n) is 1.64. The highest BCUT2D eigenvalue weighted by Gasteiger charge is 2.14. The summed E-state index contributed by atoms with van der Waals surface area (Å²) in [5, 5.41) is 7.51. The molecule has 2 rings (SSSR count). The van der Waals surface area contributed by atoms with Crippen molar-refractivity contribution in [3.05, 3.63) is 34.6 Å². The van der Waals surface area contributed by atoms with Crippen molar-refractivity contribution in [2.24, 2.45) is 7.05 Å². The van der Waals surface area contributed by atoms with Crippen LogP contribution in [0.25, 0.3) is 0 Å². The summed E-state index contributed by atoms with van der Waals surface area (Å²) in [4.78, 5) is 15.7. The van der Waals surface area contributed by atoms with Gasteiger partial charge in [-0.1, -0.05) is 23.2 Å². The summed E-state index contributed by atoms with van der Waals surface area (Å²) >= 11 is 11.8. The Bertz CT molecular complexity index is 564. The number of carbonyl (C=O) groups is 1. The zero-order valence-corrected chi connectivity index (χ0v) is 11.8. The van der Waals surface area contributed by atoms with E-state index in [9.17, 15) is 4.79 Å². The largest absolute Gasteiger partial charge is 0.351 e. The second-order valence-electron chi connectivity index (χ2n) is 4.00. The molecule has 0 aliphatic heterocycles. The summed E-state index contributed by atoms with van der Waals surface area (Å²) in [5.74, 6) is -0.199. The van der Waals surface area contributed by atoms with Crippen molar-refractivity contribution in [1.82, 2.24) is 24.6 Å². The topological polar surface area (TPSA) is 64.7 Å². The maximum absolute atomic E-state index is 11.9. The van der Waals surface area contributed by atoms with Gasteiger partial charge in [0.25, 0.3) is 5.91 Å². The Hall–Kier alpha value is -1.53. The van der Waals surface area contributed by atoms with Gasteiger partial charge in [0, 0.05) is 20.1 Å². The maximum atomic E-state index is 11.9. The lowest BCUT2D eigenvalue weighted by molar-refractivity contribution is 0.0944. The molecule has 0 unspecified atom stereocenters. The quantitative estimate of drug-likeness (QED) is 0.856. The van der Waals surface area contributed by atoms with Crippen molar-refractivity contribution >= 4 is 29.1 Å². The summed E-state index contributed by atoms with van der Waals surface area (Å²) in [6.07, 6.45) is 3.88. The molecule has 0 aromatic carbocycles. The lowest BCUT2D eigenvalue weighted by Crippen LogP contribution is -2.27. The van der Waals surface area contributed by atoms with Crippen molar-refractivity contribution in [2.45, 2.75) is 13.0 Å². The van der Waals surface area contributed by atoms with Crippen LogP contribution in [0.5, 0.6) is 0 Å². The van der Waals surface area contributed by atoms with Crippen LogP contribution in [0, 0.1) is 0 Å². The monoisotopic (exact) mass is 301 g/mol. The van der Waals surface area contributed by atoms with Crippen LogP contribution in [-0.4, -0.2) is 31.8 Å². The molecule has 6 nitrogen and oxygen atoms in total. The molecule has 0 bridgehead atoms. The molecule has 1 amide bonds. The van der Waals surface area contributed by atoms with Gasteiger partial charge in [-0.15, -0.1) is 0 Å². The number of nitrogens with zero attached hydrogens (tertiary/aromatic N) is 4. The van der Waals surface area contributed by atoms with Crippen LogP contribution in [-0.2, 0) is 13.6 Å². The van der Waals surface area contributed by atoms with Gasteiger partial charge in [-0.2, -0.15) is 5.10 Å². The van der Waals surface area contributed by atoms with Crippen LogP contribution in [0.4, 0.5) is 0 Å². The summed E-state index contributed by atoms with van der Waals surface area (Å²) in [5.41, 5.74) is 0.441. The number of aromatic nitrogens is 4. The van der Waals surface area contributed by atoms with Crippen LogP contribution in [0.2, 0.25) is 10.2 Å². The normalized spacial score (nSPS) is 10.7. The molecule has 8 heteroatoms. The number of aryl methyl sites for hydroxylation is 1. The number of hydrogen-bond acceptors (Lipinski definition) is 3. The summed E-state index contributed by atoms with van der Waals surface area (Å²) in [6, 6.07) is 1.55. The van der Waals surface area contributed by atoms with Crippen LogP contribution in [0.3, 0.4) is 0 Å². The van der Waals surface area contributed by atoms with Gasteiger partial charge in [0.2, 0.25) is 0 Å². The van der Waals surface area contributed by atoms with E-state index in [2.05, 4.69) is 15.4 Å². The molecule has 0 aliphatic carbocycles. The van der Waals surface area contributed by atoms with Gasteiger partial charge >= 0.3 is 0 Å². The van der Waals surface area contributed by atoms with Crippen LogP contribution in [0.15, 0.2) is 18.7 Å². The molecule has 0 aliphatic rings. The molecule has 19 heavy (non-hydrogen) atoms. The zero-order valence-electron chi connectivity index (χ0n) is 10.3. The second kappa shape index (κ2) is 6.08.